The van der Waals surface area contributed by atoms with Crippen LogP contribution >= 0.6 is 0 Å². The van der Waals surface area contributed by atoms with Gasteiger partial charge in [-0.05, 0) is 12.0 Å². The van der Waals surface area contributed by atoms with Crippen LogP contribution in [0.5, 0.6) is 0 Å². The first kappa shape index (κ1) is 18.0. The summed E-state index contributed by atoms with van der Waals surface area (Å²) in [6, 6.07) is 11.0. The second-order valence-corrected chi connectivity index (χ2v) is 6.71. The van der Waals surface area contributed by atoms with Crippen LogP contribution in [0.25, 0.3) is 0 Å². The van der Waals surface area contributed by atoms with E-state index in [-0.39, 0.29) is 24.5 Å². The minimum Gasteiger partial charge on any atom is -0.445 e. The first-order valence-corrected chi connectivity index (χ1v) is 8.76. The van der Waals surface area contributed by atoms with Crippen LogP contribution in [0.15, 0.2) is 40.9 Å². The van der Waals surface area contributed by atoms with Crippen molar-refractivity contribution in [1.82, 2.24) is 15.4 Å². The molecule has 1 aromatic heterocycles. The van der Waals surface area contributed by atoms with E-state index in [0.717, 1.165) is 5.56 Å². The van der Waals surface area contributed by atoms with Gasteiger partial charge in [-0.3, -0.25) is 4.79 Å². The van der Waals surface area contributed by atoms with Crippen LogP contribution in [0.2, 0.25) is 0 Å². The molecule has 0 radical (unpaired) electrons. The van der Waals surface area contributed by atoms with Gasteiger partial charge in [-0.25, -0.2) is 4.79 Å². The Balaban J connectivity index is 1.47. The maximum atomic E-state index is 12.5. The smallest absolute Gasteiger partial charge is 0.407 e. The fourth-order valence-corrected chi connectivity index (χ4v) is 2.82. The Labute approximate surface area is 152 Å². The van der Waals surface area contributed by atoms with E-state index in [0.29, 0.717) is 31.0 Å². The summed E-state index contributed by atoms with van der Waals surface area (Å²) in [5.41, 5.74) is 1.24. The molecular formula is C19H23N3O4. The SMILES string of the molecule is CC(C)c1cc(C(=O)N2CC[C@@H](NC(=O)OCc3ccccc3)C2)no1. The lowest BCUT2D eigenvalue weighted by atomic mass is 10.1. The van der Waals surface area contributed by atoms with Crippen molar-refractivity contribution in [2.75, 3.05) is 13.1 Å². The molecule has 26 heavy (non-hydrogen) atoms. The summed E-state index contributed by atoms with van der Waals surface area (Å²) in [5, 5.41) is 6.66. The molecule has 1 aliphatic rings. The summed E-state index contributed by atoms with van der Waals surface area (Å²) < 4.78 is 10.4. The fourth-order valence-electron chi connectivity index (χ4n) is 2.82. The topological polar surface area (TPSA) is 84.7 Å². The number of amides is 2. The molecule has 2 heterocycles. The van der Waals surface area contributed by atoms with Gasteiger partial charge in [0.2, 0.25) is 0 Å². The molecule has 0 bridgehead atoms. The van der Waals surface area contributed by atoms with Gasteiger partial charge >= 0.3 is 6.09 Å². The molecule has 0 unspecified atom stereocenters. The van der Waals surface area contributed by atoms with E-state index in [1.54, 1.807) is 11.0 Å². The zero-order chi connectivity index (χ0) is 18.5. The van der Waals surface area contributed by atoms with E-state index in [2.05, 4.69) is 10.5 Å². The molecule has 0 spiro atoms. The lowest BCUT2D eigenvalue weighted by molar-refractivity contribution is 0.0776. The third-order valence-corrected chi connectivity index (χ3v) is 4.33. The fraction of sp³-hybridized carbons (Fsp3) is 0.421. The van der Waals surface area contributed by atoms with Crippen LogP contribution in [0.4, 0.5) is 4.79 Å². The van der Waals surface area contributed by atoms with Crippen molar-refractivity contribution in [2.24, 2.45) is 0 Å². The molecule has 138 valence electrons. The van der Waals surface area contributed by atoms with Crippen molar-refractivity contribution in [3.8, 4) is 0 Å². The Morgan fingerprint density at radius 1 is 1.35 bits per heavy atom. The Morgan fingerprint density at radius 3 is 2.81 bits per heavy atom. The van der Waals surface area contributed by atoms with Crippen molar-refractivity contribution in [1.29, 1.82) is 0 Å². The summed E-state index contributed by atoms with van der Waals surface area (Å²) in [5.74, 6) is 0.686. The van der Waals surface area contributed by atoms with Gasteiger partial charge in [0.05, 0.1) is 6.04 Å². The lowest BCUT2D eigenvalue weighted by Gasteiger charge is -2.15. The van der Waals surface area contributed by atoms with Crippen molar-refractivity contribution in [3.63, 3.8) is 0 Å². The lowest BCUT2D eigenvalue weighted by Crippen LogP contribution is -2.38. The Morgan fingerprint density at radius 2 is 2.12 bits per heavy atom. The van der Waals surface area contributed by atoms with E-state index in [1.807, 2.05) is 44.2 Å². The molecule has 7 heteroatoms. The Kier molecular flexibility index (Phi) is 5.55. The Bertz CT molecular complexity index is 757. The number of benzene rings is 1. The second-order valence-electron chi connectivity index (χ2n) is 6.71. The standard InChI is InChI=1S/C19H23N3O4/c1-13(2)17-10-16(21-26-17)18(23)22-9-8-15(11-22)20-19(24)25-12-14-6-4-3-5-7-14/h3-7,10,13,15H,8-9,11-12H2,1-2H3,(H,20,24)/t15-/m1/s1. The molecule has 7 nitrogen and oxygen atoms in total. The zero-order valence-electron chi connectivity index (χ0n) is 15.0. The van der Waals surface area contributed by atoms with Crippen LogP contribution in [0.1, 0.15) is 48.0 Å². The molecule has 1 aliphatic heterocycles. The van der Waals surface area contributed by atoms with Crippen molar-refractivity contribution in [3.05, 3.63) is 53.4 Å². The van der Waals surface area contributed by atoms with Crippen LogP contribution in [-0.2, 0) is 11.3 Å². The number of carbonyl (C=O) groups excluding carboxylic acids is 2. The molecular weight excluding hydrogens is 334 g/mol. The molecule has 1 aromatic carbocycles. The number of ether oxygens (including phenoxy) is 1. The van der Waals surface area contributed by atoms with Gasteiger partial charge in [0.25, 0.3) is 5.91 Å². The number of rotatable bonds is 5. The predicted molar refractivity (Wildman–Crippen MR) is 94.7 cm³/mol. The van der Waals surface area contributed by atoms with Crippen LogP contribution in [0.3, 0.4) is 0 Å². The van der Waals surface area contributed by atoms with Gasteiger partial charge in [-0.1, -0.05) is 49.3 Å². The molecule has 0 aliphatic carbocycles. The normalized spacial score (nSPS) is 16.7. The van der Waals surface area contributed by atoms with E-state index < -0.39 is 6.09 Å². The minimum absolute atomic E-state index is 0.126. The molecule has 1 atom stereocenters. The van der Waals surface area contributed by atoms with E-state index >= 15 is 0 Å². The third kappa shape index (κ3) is 4.41. The van der Waals surface area contributed by atoms with Gasteiger partial charge < -0.3 is 19.5 Å². The minimum atomic E-state index is -0.475. The van der Waals surface area contributed by atoms with Gasteiger partial charge in [0.1, 0.15) is 12.4 Å². The van der Waals surface area contributed by atoms with E-state index in [9.17, 15) is 9.59 Å². The number of alkyl carbamates (subject to hydrolysis) is 1. The van der Waals surface area contributed by atoms with Crippen molar-refractivity contribution < 1.29 is 18.8 Å². The highest BCUT2D eigenvalue weighted by molar-refractivity contribution is 5.92. The average Bonchev–Trinajstić information content (AvgIpc) is 3.30. The molecule has 3 rings (SSSR count). The monoisotopic (exact) mass is 357 g/mol. The molecule has 1 N–H and O–H groups in total. The number of nitrogens with zero attached hydrogens (tertiary/aromatic N) is 2. The maximum Gasteiger partial charge on any atom is 0.407 e. The predicted octanol–water partition coefficient (Wildman–Crippen LogP) is 2.94. The third-order valence-electron chi connectivity index (χ3n) is 4.33. The van der Waals surface area contributed by atoms with E-state index in [4.69, 9.17) is 9.26 Å². The summed E-state index contributed by atoms with van der Waals surface area (Å²) in [7, 11) is 0. The van der Waals surface area contributed by atoms with Crippen molar-refractivity contribution >= 4 is 12.0 Å². The largest absolute Gasteiger partial charge is 0.445 e. The maximum absolute atomic E-state index is 12.5. The summed E-state index contributed by atoms with van der Waals surface area (Å²) >= 11 is 0. The molecule has 2 amide bonds. The first-order valence-electron chi connectivity index (χ1n) is 8.76. The van der Waals surface area contributed by atoms with Gasteiger partial charge in [-0.2, -0.15) is 0 Å². The summed E-state index contributed by atoms with van der Waals surface area (Å²) in [6.07, 6.45) is 0.206. The highest BCUT2D eigenvalue weighted by Gasteiger charge is 2.30. The zero-order valence-corrected chi connectivity index (χ0v) is 15.0. The Hall–Kier alpha value is -2.83. The van der Waals surface area contributed by atoms with Gasteiger partial charge in [-0.15, -0.1) is 0 Å². The number of carbonyl (C=O) groups is 2. The number of likely N-dealkylation sites (tertiary alicyclic amines) is 1. The molecule has 1 fully saturated rings. The van der Waals surface area contributed by atoms with Crippen LogP contribution < -0.4 is 5.32 Å². The quantitative estimate of drug-likeness (QED) is 0.889. The van der Waals surface area contributed by atoms with Crippen molar-refractivity contribution in [2.45, 2.75) is 38.8 Å². The summed E-state index contributed by atoms with van der Waals surface area (Å²) in [4.78, 5) is 26.1. The van der Waals surface area contributed by atoms with Gasteiger partial charge in [0, 0.05) is 25.1 Å². The highest BCUT2D eigenvalue weighted by atomic mass is 16.5. The molecule has 2 aromatic rings. The molecule has 0 saturated carbocycles. The van der Waals surface area contributed by atoms with Gasteiger partial charge in [0.15, 0.2) is 5.69 Å². The number of aromatic nitrogens is 1. The highest BCUT2D eigenvalue weighted by Crippen LogP contribution is 2.18. The average molecular weight is 357 g/mol. The molecule has 1 saturated heterocycles. The summed E-state index contributed by atoms with van der Waals surface area (Å²) in [6.45, 7) is 5.17. The second kappa shape index (κ2) is 8.03. The van der Waals surface area contributed by atoms with Crippen LogP contribution in [0, 0.1) is 0 Å². The first-order chi connectivity index (χ1) is 12.5. The van der Waals surface area contributed by atoms with E-state index in [1.165, 1.54) is 0 Å². The number of nitrogens with one attached hydrogen (secondary N) is 1. The number of hydrogen-bond donors (Lipinski definition) is 1. The number of hydrogen-bond acceptors (Lipinski definition) is 5. The van der Waals surface area contributed by atoms with Crippen LogP contribution in [-0.4, -0.2) is 41.2 Å².